The fourth-order valence-electron chi connectivity index (χ4n) is 1.62. The standard InChI is InChI=1S/C12H9ClN4O/c13-10-4-8-6-15-17-11(8)5-12(10)18-7-9-2-1-3-14-16-9/h1-6H,7H2,(H,15,17). The molecule has 18 heavy (non-hydrogen) atoms. The van der Waals surface area contributed by atoms with Crippen molar-refractivity contribution in [2.75, 3.05) is 0 Å². The summed E-state index contributed by atoms with van der Waals surface area (Å²) in [6.45, 7) is 0.327. The number of nitrogens with zero attached hydrogens (tertiary/aromatic N) is 3. The molecule has 6 heteroatoms. The Morgan fingerprint density at radius 3 is 3.11 bits per heavy atom. The molecule has 1 N–H and O–H groups in total. The van der Waals surface area contributed by atoms with Gasteiger partial charge in [0, 0.05) is 17.6 Å². The van der Waals surface area contributed by atoms with Crippen LogP contribution in [0.1, 0.15) is 5.69 Å². The fraction of sp³-hybridized carbons (Fsp3) is 0.0833. The third-order valence-electron chi connectivity index (χ3n) is 2.50. The Balaban J connectivity index is 1.84. The molecular weight excluding hydrogens is 252 g/mol. The summed E-state index contributed by atoms with van der Waals surface area (Å²) in [6, 6.07) is 7.29. The topological polar surface area (TPSA) is 63.7 Å². The first kappa shape index (κ1) is 11.0. The molecule has 0 unspecified atom stereocenters. The minimum absolute atomic E-state index is 0.327. The lowest BCUT2D eigenvalue weighted by Gasteiger charge is -2.07. The summed E-state index contributed by atoms with van der Waals surface area (Å²) in [7, 11) is 0. The van der Waals surface area contributed by atoms with E-state index in [0.29, 0.717) is 17.4 Å². The van der Waals surface area contributed by atoms with E-state index in [0.717, 1.165) is 16.6 Å². The monoisotopic (exact) mass is 260 g/mol. The van der Waals surface area contributed by atoms with Gasteiger partial charge in [-0.2, -0.15) is 15.3 Å². The van der Waals surface area contributed by atoms with Crippen LogP contribution in [-0.2, 0) is 6.61 Å². The number of fused-ring (bicyclic) bond motifs is 1. The maximum Gasteiger partial charge on any atom is 0.140 e. The molecule has 0 fully saturated rings. The average Bonchev–Trinajstić information content (AvgIpc) is 2.84. The number of aromatic amines is 1. The van der Waals surface area contributed by atoms with Gasteiger partial charge in [-0.1, -0.05) is 11.6 Å². The van der Waals surface area contributed by atoms with Gasteiger partial charge >= 0.3 is 0 Å². The molecule has 2 aromatic heterocycles. The van der Waals surface area contributed by atoms with Crippen molar-refractivity contribution in [1.29, 1.82) is 0 Å². The second-order valence-electron chi connectivity index (χ2n) is 3.74. The van der Waals surface area contributed by atoms with Crippen molar-refractivity contribution >= 4 is 22.5 Å². The summed E-state index contributed by atoms with van der Waals surface area (Å²) in [5.41, 5.74) is 1.63. The van der Waals surface area contributed by atoms with E-state index in [1.165, 1.54) is 0 Å². The van der Waals surface area contributed by atoms with E-state index in [-0.39, 0.29) is 0 Å². The Bertz CT molecular complexity index is 668. The Hall–Kier alpha value is -2.14. The number of ether oxygens (including phenoxy) is 1. The molecule has 2 heterocycles. The van der Waals surface area contributed by atoms with E-state index in [9.17, 15) is 0 Å². The molecule has 0 bridgehead atoms. The normalized spacial score (nSPS) is 10.7. The lowest BCUT2D eigenvalue weighted by molar-refractivity contribution is 0.300. The van der Waals surface area contributed by atoms with Crippen LogP contribution in [0.25, 0.3) is 10.9 Å². The Kier molecular flexibility index (Phi) is 2.82. The molecule has 0 saturated heterocycles. The largest absolute Gasteiger partial charge is 0.486 e. The highest BCUT2D eigenvalue weighted by Gasteiger charge is 2.06. The van der Waals surface area contributed by atoms with Crippen LogP contribution in [0.4, 0.5) is 0 Å². The number of hydrogen-bond donors (Lipinski definition) is 1. The van der Waals surface area contributed by atoms with Gasteiger partial charge in [0.1, 0.15) is 18.1 Å². The van der Waals surface area contributed by atoms with Crippen LogP contribution in [0.5, 0.6) is 5.75 Å². The quantitative estimate of drug-likeness (QED) is 0.786. The molecular formula is C12H9ClN4O. The van der Waals surface area contributed by atoms with Crippen LogP contribution < -0.4 is 4.74 Å². The van der Waals surface area contributed by atoms with E-state index in [2.05, 4.69) is 20.4 Å². The van der Waals surface area contributed by atoms with Crippen molar-refractivity contribution in [2.24, 2.45) is 0 Å². The summed E-state index contributed by atoms with van der Waals surface area (Å²) >= 11 is 6.12. The summed E-state index contributed by atoms with van der Waals surface area (Å²) in [6.07, 6.45) is 3.33. The first-order valence-electron chi connectivity index (χ1n) is 5.35. The Morgan fingerprint density at radius 1 is 1.33 bits per heavy atom. The van der Waals surface area contributed by atoms with Gasteiger partial charge in [-0.25, -0.2) is 0 Å². The zero-order valence-corrected chi connectivity index (χ0v) is 10.1. The minimum atomic E-state index is 0.327. The molecule has 0 spiro atoms. The SMILES string of the molecule is Clc1cc2cn[nH]c2cc1OCc1cccnn1. The number of hydrogen-bond acceptors (Lipinski definition) is 4. The van der Waals surface area contributed by atoms with Gasteiger partial charge in [-0.3, -0.25) is 5.10 Å². The molecule has 0 saturated carbocycles. The molecule has 0 aliphatic carbocycles. The number of H-pyrrole nitrogens is 1. The number of rotatable bonds is 3. The Morgan fingerprint density at radius 2 is 2.28 bits per heavy atom. The molecule has 0 atom stereocenters. The molecule has 0 aliphatic rings. The van der Waals surface area contributed by atoms with Gasteiger partial charge in [-0.05, 0) is 18.2 Å². The van der Waals surface area contributed by atoms with E-state index < -0.39 is 0 Å². The van der Waals surface area contributed by atoms with Gasteiger partial charge in [0.05, 0.1) is 16.7 Å². The zero-order chi connectivity index (χ0) is 12.4. The maximum absolute atomic E-state index is 6.12. The maximum atomic E-state index is 6.12. The summed E-state index contributed by atoms with van der Waals surface area (Å²) in [4.78, 5) is 0. The molecule has 5 nitrogen and oxygen atoms in total. The van der Waals surface area contributed by atoms with Gasteiger partial charge in [0.25, 0.3) is 0 Å². The molecule has 0 radical (unpaired) electrons. The molecule has 0 amide bonds. The minimum Gasteiger partial charge on any atom is -0.486 e. The van der Waals surface area contributed by atoms with Crippen LogP contribution >= 0.6 is 11.6 Å². The fourth-order valence-corrected chi connectivity index (χ4v) is 1.84. The first-order valence-corrected chi connectivity index (χ1v) is 5.73. The summed E-state index contributed by atoms with van der Waals surface area (Å²) < 4.78 is 5.62. The smallest absolute Gasteiger partial charge is 0.140 e. The van der Waals surface area contributed by atoms with E-state index in [4.69, 9.17) is 16.3 Å². The average molecular weight is 261 g/mol. The highest BCUT2D eigenvalue weighted by molar-refractivity contribution is 6.32. The van der Waals surface area contributed by atoms with Crippen LogP contribution in [0.3, 0.4) is 0 Å². The highest BCUT2D eigenvalue weighted by atomic mass is 35.5. The molecule has 3 rings (SSSR count). The second kappa shape index (κ2) is 4.62. The van der Waals surface area contributed by atoms with Crippen molar-refractivity contribution in [2.45, 2.75) is 6.61 Å². The highest BCUT2D eigenvalue weighted by Crippen LogP contribution is 2.29. The van der Waals surface area contributed by atoms with Crippen molar-refractivity contribution in [1.82, 2.24) is 20.4 Å². The molecule has 90 valence electrons. The number of benzene rings is 1. The van der Waals surface area contributed by atoms with Crippen LogP contribution in [-0.4, -0.2) is 20.4 Å². The lowest BCUT2D eigenvalue weighted by atomic mass is 10.2. The number of halogens is 1. The predicted molar refractivity (Wildman–Crippen MR) is 67.5 cm³/mol. The molecule has 3 aromatic rings. The molecule has 0 aliphatic heterocycles. The number of aromatic nitrogens is 4. The third kappa shape index (κ3) is 2.12. The van der Waals surface area contributed by atoms with Gasteiger partial charge < -0.3 is 4.74 Å². The van der Waals surface area contributed by atoms with E-state index in [1.807, 2.05) is 24.3 Å². The van der Waals surface area contributed by atoms with Crippen molar-refractivity contribution in [3.8, 4) is 5.75 Å². The Labute approximate surface area is 108 Å². The zero-order valence-electron chi connectivity index (χ0n) is 9.30. The van der Waals surface area contributed by atoms with E-state index in [1.54, 1.807) is 12.4 Å². The van der Waals surface area contributed by atoms with Crippen LogP contribution in [0.2, 0.25) is 5.02 Å². The van der Waals surface area contributed by atoms with Gasteiger partial charge in [0.2, 0.25) is 0 Å². The van der Waals surface area contributed by atoms with Crippen LogP contribution in [0, 0.1) is 0 Å². The van der Waals surface area contributed by atoms with Gasteiger partial charge in [0.15, 0.2) is 0 Å². The van der Waals surface area contributed by atoms with E-state index >= 15 is 0 Å². The summed E-state index contributed by atoms with van der Waals surface area (Å²) in [5.74, 6) is 0.596. The molecule has 1 aromatic carbocycles. The van der Waals surface area contributed by atoms with Crippen LogP contribution in [0.15, 0.2) is 36.7 Å². The predicted octanol–water partition coefficient (Wildman–Crippen LogP) is 2.59. The first-order chi connectivity index (χ1) is 8.83. The summed E-state index contributed by atoms with van der Waals surface area (Å²) in [5, 5.41) is 16.0. The van der Waals surface area contributed by atoms with Gasteiger partial charge in [-0.15, -0.1) is 0 Å². The van der Waals surface area contributed by atoms with Crippen molar-refractivity contribution < 1.29 is 4.74 Å². The second-order valence-corrected chi connectivity index (χ2v) is 4.15. The van der Waals surface area contributed by atoms with Crippen molar-refractivity contribution in [3.05, 3.63) is 47.4 Å². The number of nitrogens with one attached hydrogen (secondary N) is 1. The third-order valence-corrected chi connectivity index (χ3v) is 2.79. The van der Waals surface area contributed by atoms with Crippen molar-refractivity contribution in [3.63, 3.8) is 0 Å². The lowest BCUT2D eigenvalue weighted by Crippen LogP contribution is -1.99.